The fourth-order valence-electron chi connectivity index (χ4n) is 3.86. The smallest absolute Gasteiger partial charge is 0.250 e. The van der Waals surface area contributed by atoms with E-state index in [0.29, 0.717) is 11.8 Å². The van der Waals surface area contributed by atoms with Gasteiger partial charge in [0.1, 0.15) is 0 Å². The Labute approximate surface area is 124 Å². The second-order valence-electron chi connectivity index (χ2n) is 6.44. The zero-order valence-electron chi connectivity index (χ0n) is 12.3. The molecular formula is C18H20N2O. The van der Waals surface area contributed by atoms with Crippen LogP contribution in [0.2, 0.25) is 0 Å². The summed E-state index contributed by atoms with van der Waals surface area (Å²) >= 11 is 0. The van der Waals surface area contributed by atoms with E-state index in [1.807, 2.05) is 10.6 Å². The normalized spacial score (nSPS) is 23.8. The average Bonchev–Trinajstić information content (AvgIpc) is 2.49. The summed E-state index contributed by atoms with van der Waals surface area (Å²) in [7, 11) is 0. The number of hydrogen-bond donors (Lipinski definition) is 0. The number of fused-ring (bicyclic) bond motifs is 4. The predicted octanol–water partition coefficient (Wildman–Crippen LogP) is 2.78. The Balaban J connectivity index is 1.68. The minimum absolute atomic E-state index is 0.158. The zero-order chi connectivity index (χ0) is 14.4. The van der Waals surface area contributed by atoms with E-state index in [4.69, 9.17) is 0 Å². The summed E-state index contributed by atoms with van der Waals surface area (Å²) in [6.45, 7) is 5.06. The van der Waals surface area contributed by atoms with Gasteiger partial charge in [-0.1, -0.05) is 23.8 Å². The largest absolute Gasteiger partial charge is 0.371 e. The molecule has 4 rings (SSSR count). The lowest BCUT2D eigenvalue weighted by atomic mass is 9.83. The Morgan fingerprint density at radius 3 is 2.62 bits per heavy atom. The Hall–Kier alpha value is -2.03. The molecule has 2 aliphatic heterocycles. The van der Waals surface area contributed by atoms with Crippen molar-refractivity contribution in [2.45, 2.75) is 25.8 Å². The maximum absolute atomic E-state index is 12.0. The first-order valence-electron chi connectivity index (χ1n) is 7.72. The van der Waals surface area contributed by atoms with Crippen LogP contribution in [0.5, 0.6) is 0 Å². The summed E-state index contributed by atoms with van der Waals surface area (Å²) in [4.78, 5) is 14.5. The van der Waals surface area contributed by atoms with Gasteiger partial charge in [0.25, 0.3) is 5.56 Å². The molecule has 0 saturated carbocycles. The third-order valence-electron chi connectivity index (χ3n) is 4.88. The Morgan fingerprint density at radius 1 is 1.00 bits per heavy atom. The highest BCUT2D eigenvalue weighted by Gasteiger charge is 2.34. The second kappa shape index (κ2) is 4.76. The highest BCUT2D eigenvalue weighted by atomic mass is 16.1. The zero-order valence-corrected chi connectivity index (χ0v) is 12.3. The lowest BCUT2D eigenvalue weighted by Gasteiger charge is -2.43. The quantitative estimate of drug-likeness (QED) is 0.802. The highest BCUT2D eigenvalue weighted by Crippen LogP contribution is 2.36. The van der Waals surface area contributed by atoms with E-state index in [0.717, 1.165) is 19.6 Å². The Kier molecular flexibility index (Phi) is 2.88. The molecule has 0 unspecified atom stereocenters. The predicted molar refractivity (Wildman–Crippen MR) is 84.9 cm³/mol. The van der Waals surface area contributed by atoms with Gasteiger partial charge in [-0.3, -0.25) is 4.79 Å². The van der Waals surface area contributed by atoms with E-state index in [1.165, 1.54) is 23.4 Å². The summed E-state index contributed by atoms with van der Waals surface area (Å²) in [6, 6.07) is 14.5. The third-order valence-corrected chi connectivity index (χ3v) is 4.88. The summed E-state index contributed by atoms with van der Waals surface area (Å²) in [5.41, 5.74) is 3.98. The minimum atomic E-state index is 0.158. The van der Waals surface area contributed by atoms with Crippen LogP contribution in [0.3, 0.4) is 0 Å². The molecule has 1 aromatic carbocycles. The number of hydrogen-bond acceptors (Lipinski definition) is 2. The van der Waals surface area contributed by atoms with Crippen LogP contribution in [0.1, 0.15) is 23.6 Å². The van der Waals surface area contributed by atoms with Crippen molar-refractivity contribution in [3.8, 4) is 0 Å². The van der Waals surface area contributed by atoms with Gasteiger partial charge in [0.15, 0.2) is 0 Å². The maximum atomic E-state index is 12.0. The van der Waals surface area contributed by atoms with Crippen LogP contribution >= 0.6 is 0 Å². The standard InChI is InChI=1S/C18H20N2O/c1-13-5-7-16(8-6-13)19-10-14-9-15(12-19)17-3-2-4-18(21)20(17)11-14/h2-8,14-15H,9-12H2,1H3/t14-,15+/m0/s1. The van der Waals surface area contributed by atoms with Crippen LogP contribution in [-0.2, 0) is 6.54 Å². The molecular weight excluding hydrogens is 260 g/mol. The van der Waals surface area contributed by atoms with Gasteiger partial charge in [-0.05, 0) is 37.5 Å². The van der Waals surface area contributed by atoms with Gasteiger partial charge in [0, 0.05) is 43.0 Å². The maximum Gasteiger partial charge on any atom is 0.250 e. The number of anilines is 1. The van der Waals surface area contributed by atoms with Crippen molar-refractivity contribution >= 4 is 5.69 Å². The molecule has 1 aromatic heterocycles. The molecule has 0 aliphatic carbocycles. The van der Waals surface area contributed by atoms with E-state index in [9.17, 15) is 4.79 Å². The SMILES string of the molecule is Cc1ccc(N2C[C@@H]3C[C@H](C2)c2cccc(=O)n2C3)cc1. The first-order valence-corrected chi connectivity index (χ1v) is 7.72. The molecule has 2 atom stereocenters. The van der Waals surface area contributed by atoms with Gasteiger partial charge < -0.3 is 9.47 Å². The number of nitrogens with zero attached hydrogens (tertiary/aromatic N) is 2. The molecule has 0 radical (unpaired) electrons. The molecule has 2 aliphatic rings. The van der Waals surface area contributed by atoms with E-state index in [1.54, 1.807) is 6.07 Å². The minimum Gasteiger partial charge on any atom is -0.371 e. The number of pyridine rings is 1. The number of benzene rings is 1. The fourth-order valence-corrected chi connectivity index (χ4v) is 3.86. The molecule has 0 N–H and O–H groups in total. The van der Waals surface area contributed by atoms with Crippen molar-refractivity contribution in [1.82, 2.24) is 4.57 Å². The molecule has 0 amide bonds. The van der Waals surface area contributed by atoms with Crippen molar-refractivity contribution in [1.29, 1.82) is 0 Å². The lowest BCUT2D eigenvalue weighted by Crippen LogP contribution is -2.47. The molecule has 2 bridgehead atoms. The second-order valence-corrected chi connectivity index (χ2v) is 6.44. The highest BCUT2D eigenvalue weighted by molar-refractivity contribution is 5.48. The fraction of sp³-hybridized carbons (Fsp3) is 0.389. The third kappa shape index (κ3) is 2.17. The first kappa shape index (κ1) is 12.7. The van der Waals surface area contributed by atoms with E-state index in [2.05, 4.69) is 42.2 Å². The number of rotatable bonds is 1. The molecule has 1 fully saturated rings. The van der Waals surface area contributed by atoms with Gasteiger partial charge in [-0.25, -0.2) is 0 Å². The van der Waals surface area contributed by atoms with Crippen LogP contribution in [0.25, 0.3) is 0 Å². The molecule has 3 heteroatoms. The summed E-state index contributed by atoms with van der Waals surface area (Å²) in [5, 5.41) is 0. The van der Waals surface area contributed by atoms with Crippen LogP contribution in [-0.4, -0.2) is 17.7 Å². The Bertz CT molecular complexity index is 717. The van der Waals surface area contributed by atoms with Crippen molar-refractivity contribution in [3.63, 3.8) is 0 Å². The monoisotopic (exact) mass is 280 g/mol. The van der Waals surface area contributed by atoms with Gasteiger partial charge in [0.05, 0.1) is 0 Å². The molecule has 108 valence electrons. The Morgan fingerprint density at radius 2 is 1.81 bits per heavy atom. The van der Waals surface area contributed by atoms with Gasteiger partial charge >= 0.3 is 0 Å². The average molecular weight is 280 g/mol. The topological polar surface area (TPSA) is 25.2 Å². The van der Waals surface area contributed by atoms with E-state index in [-0.39, 0.29) is 5.56 Å². The number of aryl methyl sites for hydroxylation is 1. The summed E-state index contributed by atoms with van der Waals surface area (Å²) < 4.78 is 1.99. The van der Waals surface area contributed by atoms with Crippen molar-refractivity contribution < 1.29 is 0 Å². The van der Waals surface area contributed by atoms with Crippen LogP contribution in [0, 0.1) is 12.8 Å². The number of piperidine rings is 1. The molecule has 1 saturated heterocycles. The van der Waals surface area contributed by atoms with Crippen LogP contribution in [0.4, 0.5) is 5.69 Å². The summed E-state index contributed by atoms with van der Waals surface area (Å²) in [5.74, 6) is 1.06. The van der Waals surface area contributed by atoms with Crippen LogP contribution < -0.4 is 10.5 Å². The first-order chi connectivity index (χ1) is 10.2. The van der Waals surface area contributed by atoms with Crippen molar-refractivity contribution in [2.75, 3.05) is 18.0 Å². The van der Waals surface area contributed by atoms with E-state index < -0.39 is 0 Å². The molecule has 21 heavy (non-hydrogen) atoms. The van der Waals surface area contributed by atoms with Crippen LogP contribution in [0.15, 0.2) is 47.3 Å². The van der Waals surface area contributed by atoms with Gasteiger partial charge in [-0.15, -0.1) is 0 Å². The molecule has 0 spiro atoms. The molecule has 3 nitrogen and oxygen atoms in total. The van der Waals surface area contributed by atoms with Gasteiger partial charge in [0.2, 0.25) is 0 Å². The lowest BCUT2D eigenvalue weighted by molar-refractivity contribution is 0.281. The van der Waals surface area contributed by atoms with E-state index >= 15 is 0 Å². The van der Waals surface area contributed by atoms with Crippen molar-refractivity contribution in [2.24, 2.45) is 5.92 Å². The van der Waals surface area contributed by atoms with Gasteiger partial charge in [-0.2, -0.15) is 0 Å². The number of aromatic nitrogens is 1. The molecule has 3 heterocycles. The van der Waals surface area contributed by atoms with Crippen molar-refractivity contribution in [3.05, 3.63) is 64.1 Å². The molecule has 2 aromatic rings. The summed E-state index contributed by atoms with van der Waals surface area (Å²) in [6.07, 6.45) is 1.21.